The van der Waals surface area contributed by atoms with Crippen LogP contribution >= 0.6 is 11.9 Å². The third kappa shape index (κ3) is 5.55. The molecule has 2 aromatic carbocycles. The SMILES string of the molecule is COCc1nncn1C1CCN(c2ccc(CN3S[C@@H](c4ccccc4)CC[C@@H]3C)c(F)c2)CC1. The Morgan fingerprint density at radius 2 is 1.86 bits per heavy atom. The highest BCUT2D eigenvalue weighted by Crippen LogP contribution is 2.43. The Balaban J connectivity index is 1.21. The van der Waals surface area contributed by atoms with Crippen molar-refractivity contribution < 1.29 is 9.13 Å². The minimum Gasteiger partial charge on any atom is -0.377 e. The normalized spacial score (nSPS) is 22.0. The van der Waals surface area contributed by atoms with Gasteiger partial charge < -0.3 is 14.2 Å². The van der Waals surface area contributed by atoms with Gasteiger partial charge in [0.15, 0.2) is 5.82 Å². The molecule has 186 valence electrons. The number of methoxy groups -OCH3 is 1. The molecular formula is C27H34FN5OS. The van der Waals surface area contributed by atoms with Crippen LogP contribution in [0.5, 0.6) is 0 Å². The summed E-state index contributed by atoms with van der Waals surface area (Å²) in [6.07, 6.45) is 6.03. The Morgan fingerprint density at radius 3 is 2.60 bits per heavy atom. The van der Waals surface area contributed by atoms with Crippen LogP contribution in [0.1, 0.15) is 60.9 Å². The first-order valence-corrected chi connectivity index (χ1v) is 13.3. The van der Waals surface area contributed by atoms with Gasteiger partial charge in [-0.1, -0.05) is 48.3 Å². The van der Waals surface area contributed by atoms with Crippen LogP contribution in [0, 0.1) is 5.82 Å². The molecule has 2 saturated heterocycles. The summed E-state index contributed by atoms with van der Waals surface area (Å²) in [5.41, 5.74) is 3.09. The smallest absolute Gasteiger partial charge is 0.159 e. The van der Waals surface area contributed by atoms with Gasteiger partial charge in [0.05, 0.1) is 0 Å². The molecule has 0 saturated carbocycles. The second-order valence-electron chi connectivity index (χ2n) is 9.59. The largest absolute Gasteiger partial charge is 0.377 e. The summed E-state index contributed by atoms with van der Waals surface area (Å²) in [6.45, 7) is 5.10. The molecule has 0 unspecified atom stereocenters. The summed E-state index contributed by atoms with van der Waals surface area (Å²) in [5.74, 6) is 0.751. The molecule has 2 aliphatic heterocycles. The molecule has 6 nitrogen and oxygen atoms in total. The summed E-state index contributed by atoms with van der Waals surface area (Å²) in [5, 5.41) is 8.66. The number of nitrogens with zero attached hydrogens (tertiary/aromatic N) is 5. The van der Waals surface area contributed by atoms with E-state index in [9.17, 15) is 0 Å². The van der Waals surface area contributed by atoms with E-state index in [4.69, 9.17) is 4.74 Å². The Labute approximate surface area is 211 Å². The van der Waals surface area contributed by atoms with Crippen LogP contribution in [0.25, 0.3) is 0 Å². The van der Waals surface area contributed by atoms with E-state index in [-0.39, 0.29) is 5.82 Å². The highest BCUT2D eigenvalue weighted by molar-refractivity contribution is 7.97. The fourth-order valence-corrected chi connectivity index (χ4v) is 6.55. The van der Waals surface area contributed by atoms with Crippen LogP contribution in [0.3, 0.4) is 0 Å². The van der Waals surface area contributed by atoms with E-state index in [0.29, 0.717) is 30.5 Å². The Bertz CT molecular complexity index is 1100. The van der Waals surface area contributed by atoms with Gasteiger partial charge in [-0.05, 0) is 50.3 Å². The van der Waals surface area contributed by atoms with E-state index in [1.165, 1.54) is 5.56 Å². The van der Waals surface area contributed by atoms with E-state index in [1.807, 2.05) is 18.0 Å². The predicted octanol–water partition coefficient (Wildman–Crippen LogP) is 5.78. The van der Waals surface area contributed by atoms with Gasteiger partial charge >= 0.3 is 0 Å². The van der Waals surface area contributed by atoms with Gasteiger partial charge in [0.2, 0.25) is 0 Å². The molecule has 0 N–H and O–H groups in total. The lowest BCUT2D eigenvalue weighted by atomic mass is 10.0. The van der Waals surface area contributed by atoms with E-state index in [2.05, 4.69) is 67.3 Å². The van der Waals surface area contributed by atoms with Gasteiger partial charge in [0.25, 0.3) is 0 Å². The number of aromatic nitrogens is 3. The summed E-state index contributed by atoms with van der Waals surface area (Å²) in [7, 11) is 1.67. The van der Waals surface area contributed by atoms with Crippen LogP contribution in [0.4, 0.5) is 10.1 Å². The van der Waals surface area contributed by atoms with E-state index < -0.39 is 0 Å². The number of benzene rings is 2. The lowest BCUT2D eigenvalue weighted by Crippen LogP contribution is -2.35. The van der Waals surface area contributed by atoms with Gasteiger partial charge in [-0.25, -0.2) is 8.70 Å². The number of hydrogen-bond acceptors (Lipinski definition) is 6. The standard InChI is InChI=1S/C27H34FN5OS/c1-20-8-11-26(21-6-4-3-5-7-21)35-33(20)17-22-9-10-24(16-25(22)28)31-14-12-23(13-15-31)32-19-29-30-27(32)18-34-2/h3-7,9-10,16,19-20,23,26H,8,11-15,17-18H2,1-2H3/t20-,26+/m0/s1. The first kappa shape index (κ1) is 24.3. The number of piperidine rings is 1. The highest BCUT2D eigenvalue weighted by atomic mass is 32.2. The first-order valence-electron chi connectivity index (χ1n) is 12.5. The van der Waals surface area contributed by atoms with Crippen LogP contribution in [-0.2, 0) is 17.9 Å². The van der Waals surface area contributed by atoms with Crippen molar-refractivity contribution in [2.24, 2.45) is 0 Å². The quantitative estimate of drug-likeness (QED) is 0.387. The lowest BCUT2D eigenvalue weighted by molar-refractivity contribution is 0.170. The van der Waals surface area contributed by atoms with Crippen LogP contribution < -0.4 is 4.90 Å². The number of hydrogen-bond donors (Lipinski definition) is 0. The van der Waals surface area contributed by atoms with Gasteiger partial charge in [-0.2, -0.15) is 0 Å². The lowest BCUT2D eigenvalue weighted by Gasteiger charge is -2.37. The molecule has 35 heavy (non-hydrogen) atoms. The van der Waals surface area contributed by atoms with Gasteiger partial charge in [0, 0.05) is 55.3 Å². The Hall–Kier alpha value is -2.42. The Morgan fingerprint density at radius 1 is 1.06 bits per heavy atom. The highest BCUT2D eigenvalue weighted by Gasteiger charge is 2.28. The Kier molecular flexibility index (Phi) is 7.70. The molecule has 0 bridgehead atoms. The zero-order chi connectivity index (χ0) is 24.2. The molecule has 0 radical (unpaired) electrons. The summed E-state index contributed by atoms with van der Waals surface area (Å²) < 4.78 is 25.0. The monoisotopic (exact) mass is 495 g/mol. The van der Waals surface area contributed by atoms with Crippen molar-refractivity contribution in [2.45, 2.75) is 63.1 Å². The van der Waals surface area contributed by atoms with Crippen LogP contribution in [0.2, 0.25) is 0 Å². The third-order valence-electron chi connectivity index (χ3n) is 7.28. The van der Waals surface area contributed by atoms with Gasteiger partial charge in [-0.15, -0.1) is 10.2 Å². The molecule has 5 rings (SSSR count). The maximum Gasteiger partial charge on any atom is 0.159 e. The number of rotatable bonds is 7. The molecule has 3 aromatic rings. The zero-order valence-corrected chi connectivity index (χ0v) is 21.3. The van der Waals surface area contributed by atoms with Crippen molar-refractivity contribution in [3.63, 3.8) is 0 Å². The number of anilines is 1. The minimum atomic E-state index is -0.111. The predicted molar refractivity (Wildman–Crippen MR) is 139 cm³/mol. The fraction of sp³-hybridized carbons (Fsp3) is 0.481. The molecule has 0 amide bonds. The van der Waals surface area contributed by atoms with Crippen molar-refractivity contribution in [2.75, 3.05) is 25.1 Å². The van der Waals surface area contributed by atoms with Crippen LogP contribution in [0.15, 0.2) is 54.9 Å². The van der Waals surface area contributed by atoms with Crippen LogP contribution in [-0.4, -0.2) is 45.3 Å². The molecule has 2 atom stereocenters. The molecular weight excluding hydrogens is 461 g/mol. The second kappa shape index (κ2) is 11.1. The van der Waals surface area contributed by atoms with Gasteiger partial charge in [0.1, 0.15) is 18.8 Å². The van der Waals surface area contributed by atoms with E-state index >= 15 is 4.39 Å². The summed E-state index contributed by atoms with van der Waals surface area (Å²) in [6, 6.07) is 17.2. The topological polar surface area (TPSA) is 46.4 Å². The zero-order valence-electron chi connectivity index (χ0n) is 20.5. The maximum absolute atomic E-state index is 15.2. The fourth-order valence-electron chi connectivity index (χ4n) is 5.18. The molecule has 8 heteroatoms. The average molecular weight is 496 g/mol. The van der Waals surface area contributed by atoms with Crippen molar-refractivity contribution in [3.05, 3.63) is 77.6 Å². The van der Waals surface area contributed by atoms with Crippen molar-refractivity contribution >= 4 is 17.6 Å². The van der Waals surface area contributed by atoms with E-state index in [1.54, 1.807) is 19.5 Å². The molecule has 2 fully saturated rings. The van der Waals surface area contributed by atoms with Crippen molar-refractivity contribution in [1.82, 2.24) is 19.1 Å². The number of ether oxygens (including phenoxy) is 1. The molecule has 3 heterocycles. The minimum absolute atomic E-state index is 0.111. The summed E-state index contributed by atoms with van der Waals surface area (Å²) in [4.78, 5) is 2.29. The van der Waals surface area contributed by atoms with Crippen molar-refractivity contribution in [3.8, 4) is 0 Å². The summed E-state index contributed by atoms with van der Waals surface area (Å²) >= 11 is 1.87. The van der Waals surface area contributed by atoms with Crippen molar-refractivity contribution in [1.29, 1.82) is 0 Å². The van der Waals surface area contributed by atoms with E-state index in [0.717, 1.165) is 55.8 Å². The van der Waals surface area contributed by atoms with Gasteiger partial charge in [-0.3, -0.25) is 0 Å². The second-order valence-corrected chi connectivity index (χ2v) is 10.8. The first-order chi connectivity index (χ1) is 17.1. The molecule has 0 spiro atoms. The maximum atomic E-state index is 15.2. The molecule has 0 aliphatic carbocycles. The average Bonchev–Trinajstić information content (AvgIpc) is 3.35. The third-order valence-corrected chi connectivity index (χ3v) is 8.80. The molecule has 1 aromatic heterocycles. The number of halogens is 1. The molecule has 2 aliphatic rings.